The molecule has 4 nitrogen and oxygen atoms in total. The Morgan fingerprint density at radius 1 is 1.03 bits per heavy atom. The number of benzene rings is 2. The maximum Gasteiger partial charge on any atom is 0.307 e. The largest absolute Gasteiger partial charge is 0.481 e. The van der Waals surface area contributed by atoms with Crippen LogP contribution in [0.4, 0.5) is 5.69 Å². The Morgan fingerprint density at radius 3 is 2.40 bits per heavy atom. The highest BCUT2D eigenvalue weighted by molar-refractivity contribution is 6.08. The lowest BCUT2D eigenvalue weighted by Crippen LogP contribution is -2.32. The lowest BCUT2D eigenvalue weighted by Gasteiger charge is -2.19. The molecule has 1 heterocycles. The summed E-state index contributed by atoms with van der Waals surface area (Å²) in [6.45, 7) is 5.11. The molecule has 0 aromatic heterocycles. The molecule has 1 aliphatic heterocycles. The van der Waals surface area contributed by atoms with Gasteiger partial charge >= 0.3 is 5.97 Å². The van der Waals surface area contributed by atoms with Crippen molar-refractivity contribution >= 4 is 29.7 Å². The van der Waals surface area contributed by atoms with Gasteiger partial charge in [0.2, 0.25) is 0 Å². The van der Waals surface area contributed by atoms with Crippen LogP contribution in [0.5, 0.6) is 0 Å². The van der Waals surface area contributed by atoms with Crippen LogP contribution in [0.2, 0.25) is 0 Å². The van der Waals surface area contributed by atoms with Gasteiger partial charge in [0.25, 0.3) is 0 Å². The Labute approximate surface area is 176 Å². The SMILES string of the molecule is CCCc1c2c(c(CCC)c3c1=CN(c1ccc(CC(=O)O)cc1)C3)=CC=CC2=O. The molecule has 4 heteroatoms. The Hall–Kier alpha value is -3.14. The van der Waals surface area contributed by atoms with Gasteiger partial charge in [0.1, 0.15) is 0 Å². The molecule has 1 aliphatic carbocycles. The minimum absolute atomic E-state index is 0.0309. The first-order chi connectivity index (χ1) is 14.5. The van der Waals surface area contributed by atoms with E-state index >= 15 is 0 Å². The number of hydrogen-bond donors (Lipinski definition) is 1. The molecule has 0 unspecified atom stereocenters. The van der Waals surface area contributed by atoms with E-state index in [1.54, 1.807) is 6.08 Å². The summed E-state index contributed by atoms with van der Waals surface area (Å²) in [5.74, 6) is -0.711. The van der Waals surface area contributed by atoms with Gasteiger partial charge in [-0.3, -0.25) is 9.59 Å². The van der Waals surface area contributed by atoms with Crippen molar-refractivity contribution in [3.05, 3.63) is 74.7 Å². The van der Waals surface area contributed by atoms with Gasteiger partial charge in [-0.15, -0.1) is 0 Å². The molecule has 154 valence electrons. The van der Waals surface area contributed by atoms with E-state index in [2.05, 4.69) is 31.0 Å². The Morgan fingerprint density at radius 2 is 1.73 bits per heavy atom. The number of allylic oxidation sites excluding steroid dienone is 2. The third-order valence-electron chi connectivity index (χ3n) is 5.90. The maximum absolute atomic E-state index is 12.8. The second-order valence-electron chi connectivity index (χ2n) is 8.02. The van der Waals surface area contributed by atoms with E-state index < -0.39 is 5.97 Å². The van der Waals surface area contributed by atoms with Crippen LogP contribution >= 0.6 is 0 Å². The van der Waals surface area contributed by atoms with Gasteiger partial charge in [0.15, 0.2) is 5.78 Å². The van der Waals surface area contributed by atoms with Gasteiger partial charge in [-0.05, 0) is 63.7 Å². The van der Waals surface area contributed by atoms with E-state index in [0.717, 1.165) is 59.8 Å². The molecule has 0 fully saturated rings. The molecule has 4 rings (SSSR count). The van der Waals surface area contributed by atoms with E-state index in [0.29, 0.717) is 0 Å². The van der Waals surface area contributed by atoms with E-state index in [-0.39, 0.29) is 12.2 Å². The van der Waals surface area contributed by atoms with Gasteiger partial charge < -0.3 is 10.0 Å². The molecule has 0 spiro atoms. The number of ketones is 1. The topological polar surface area (TPSA) is 57.6 Å². The number of aliphatic carboxylic acids is 1. The number of anilines is 1. The zero-order valence-electron chi connectivity index (χ0n) is 17.6. The molecule has 1 N–H and O–H groups in total. The maximum atomic E-state index is 12.8. The fourth-order valence-electron chi connectivity index (χ4n) is 4.64. The predicted octanol–water partition coefficient (Wildman–Crippen LogP) is 3.51. The van der Waals surface area contributed by atoms with Crippen LogP contribution in [0.25, 0.3) is 12.3 Å². The number of carboxylic acids is 1. The van der Waals surface area contributed by atoms with Crippen molar-refractivity contribution in [3.8, 4) is 0 Å². The standard InChI is InChI=1S/C26H27NO3/c1-3-6-19-21-8-5-9-24(28)26(21)20(7-4-2)23-16-27(15-22(19)23)18-12-10-17(11-13-18)14-25(29)30/h5,8-13,16H,3-4,6-7,14-15H2,1-2H3,(H,29,30). The molecular formula is C26H27NO3. The van der Waals surface area contributed by atoms with Crippen molar-refractivity contribution in [3.63, 3.8) is 0 Å². The summed E-state index contributed by atoms with van der Waals surface area (Å²) in [7, 11) is 0. The van der Waals surface area contributed by atoms with Gasteiger partial charge in [0.05, 0.1) is 6.42 Å². The molecule has 0 amide bonds. The molecule has 2 aromatic carbocycles. The lowest BCUT2D eigenvalue weighted by atomic mass is 9.86. The van der Waals surface area contributed by atoms with Gasteiger partial charge in [-0.2, -0.15) is 0 Å². The highest BCUT2D eigenvalue weighted by atomic mass is 16.4. The summed E-state index contributed by atoms with van der Waals surface area (Å²) < 4.78 is 0. The molecule has 0 radical (unpaired) electrons. The van der Waals surface area contributed by atoms with Crippen molar-refractivity contribution in [1.82, 2.24) is 0 Å². The second kappa shape index (κ2) is 8.31. The first-order valence-corrected chi connectivity index (χ1v) is 10.7. The van der Waals surface area contributed by atoms with Gasteiger partial charge in [0, 0.05) is 24.0 Å². The van der Waals surface area contributed by atoms with Crippen molar-refractivity contribution in [2.45, 2.75) is 52.5 Å². The second-order valence-corrected chi connectivity index (χ2v) is 8.02. The van der Waals surface area contributed by atoms with Crippen LogP contribution < -0.4 is 15.3 Å². The summed E-state index contributed by atoms with van der Waals surface area (Å²) in [6.07, 6.45) is 11.7. The number of fused-ring (bicyclic) bond motifs is 2. The molecule has 0 bridgehead atoms. The van der Waals surface area contributed by atoms with Crippen LogP contribution in [0, 0.1) is 0 Å². The van der Waals surface area contributed by atoms with Crippen LogP contribution in [0.1, 0.15) is 59.3 Å². The van der Waals surface area contributed by atoms with Crippen molar-refractivity contribution in [2.75, 3.05) is 4.90 Å². The number of hydrogen-bond acceptors (Lipinski definition) is 3. The summed E-state index contributed by atoms with van der Waals surface area (Å²) in [4.78, 5) is 26.0. The highest BCUT2D eigenvalue weighted by Crippen LogP contribution is 2.25. The summed E-state index contributed by atoms with van der Waals surface area (Å²) in [6, 6.07) is 7.73. The van der Waals surface area contributed by atoms with E-state index in [1.165, 1.54) is 16.3 Å². The number of carbonyl (C=O) groups is 2. The van der Waals surface area contributed by atoms with Crippen molar-refractivity contribution < 1.29 is 14.7 Å². The van der Waals surface area contributed by atoms with Gasteiger partial charge in [-0.25, -0.2) is 0 Å². The molecule has 0 saturated carbocycles. The summed E-state index contributed by atoms with van der Waals surface area (Å²) >= 11 is 0. The van der Waals surface area contributed by atoms with Crippen molar-refractivity contribution in [2.24, 2.45) is 0 Å². The Bertz CT molecular complexity index is 1160. The number of nitrogens with zero attached hydrogens (tertiary/aromatic N) is 1. The number of rotatable bonds is 7. The molecular weight excluding hydrogens is 374 g/mol. The predicted molar refractivity (Wildman–Crippen MR) is 120 cm³/mol. The summed E-state index contributed by atoms with van der Waals surface area (Å²) in [5, 5.41) is 11.3. The van der Waals surface area contributed by atoms with Crippen LogP contribution in [0.3, 0.4) is 0 Å². The van der Waals surface area contributed by atoms with E-state index in [1.807, 2.05) is 30.3 Å². The van der Waals surface area contributed by atoms with Crippen LogP contribution in [0.15, 0.2) is 36.4 Å². The van der Waals surface area contributed by atoms with Crippen molar-refractivity contribution in [1.29, 1.82) is 0 Å². The Balaban J connectivity index is 1.84. The molecule has 0 saturated heterocycles. The van der Waals surface area contributed by atoms with Crippen LogP contribution in [-0.4, -0.2) is 16.9 Å². The zero-order chi connectivity index (χ0) is 21.3. The minimum atomic E-state index is -0.823. The monoisotopic (exact) mass is 401 g/mol. The van der Waals surface area contributed by atoms with E-state index in [9.17, 15) is 9.59 Å². The normalized spacial score (nSPS) is 14.2. The molecule has 0 atom stereocenters. The number of carboxylic acid groups (broad SMARTS) is 1. The number of carbonyl (C=O) groups excluding carboxylic acids is 1. The fourth-order valence-corrected chi connectivity index (χ4v) is 4.64. The highest BCUT2D eigenvalue weighted by Gasteiger charge is 2.25. The third-order valence-corrected chi connectivity index (χ3v) is 5.90. The Kier molecular flexibility index (Phi) is 5.58. The molecule has 2 aromatic rings. The first kappa shape index (κ1) is 20.1. The summed E-state index contributed by atoms with van der Waals surface area (Å²) in [5.41, 5.74) is 6.50. The van der Waals surface area contributed by atoms with Crippen LogP contribution in [-0.2, 0) is 30.6 Å². The first-order valence-electron chi connectivity index (χ1n) is 10.7. The van der Waals surface area contributed by atoms with Gasteiger partial charge in [-0.1, -0.05) is 51.0 Å². The smallest absolute Gasteiger partial charge is 0.307 e. The quantitative estimate of drug-likeness (QED) is 0.771. The molecule has 2 aliphatic rings. The minimum Gasteiger partial charge on any atom is -0.481 e. The fraction of sp³-hybridized carbons (Fsp3) is 0.308. The average molecular weight is 402 g/mol. The molecule has 30 heavy (non-hydrogen) atoms. The zero-order valence-corrected chi connectivity index (χ0v) is 17.6. The third kappa shape index (κ3) is 3.58. The van der Waals surface area contributed by atoms with E-state index in [4.69, 9.17) is 5.11 Å². The average Bonchev–Trinajstić information content (AvgIpc) is 3.16. The lowest BCUT2D eigenvalue weighted by molar-refractivity contribution is -0.136.